The SMILES string of the molecule is CC(C)NC(C)(CCCCN(C)CC(C)(C)C)C(=O)O. The van der Waals surface area contributed by atoms with Gasteiger partial charge in [-0.15, -0.1) is 0 Å². The Morgan fingerprint density at radius 1 is 1.20 bits per heavy atom. The van der Waals surface area contributed by atoms with Crippen molar-refractivity contribution in [2.45, 2.75) is 72.4 Å². The summed E-state index contributed by atoms with van der Waals surface area (Å²) < 4.78 is 0. The van der Waals surface area contributed by atoms with Crippen LogP contribution in [0.15, 0.2) is 0 Å². The van der Waals surface area contributed by atoms with Gasteiger partial charge >= 0.3 is 5.97 Å². The number of hydrogen-bond acceptors (Lipinski definition) is 3. The number of nitrogens with zero attached hydrogens (tertiary/aromatic N) is 1. The van der Waals surface area contributed by atoms with Gasteiger partial charge in [0.25, 0.3) is 0 Å². The summed E-state index contributed by atoms with van der Waals surface area (Å²) in [5.41, 5.74) is -0.500. The lowest BCUT2D eigenvalue weighted by molar-refractivity contribution is -0.144. The predicted molar refractivity (Wildman–Crippen MR) is 85.1 cm³/mol. The Bertz CT molecular complexity index is 297. The molecule has 0 amide bonds. The highest BCUT2D eigenvalue weighted by Gasteiger charge is 2.32. The van der Waals surface area contributed by atoms with Gasteiger partial charge < -0.3 is 10.0 Å². The van der Waals surface area contributed by atoms with Crippen LogP contribution in [0.2, 0.25) is 0 Å². The number of carbonyl (C=O) groups is 1. The first-order valence-corrected chi connectivity index (χ1v) is 7.66. The molecule has 0 aliphatic carbocycles. The minimum Gasteiger partial charge on any atom is -0.480 e. The Morgan fingerprint density at radius 2 is 1.75 bits per heavy atom. The molecule has 0 aromatic carbocycles. The van der Waals surface area contributed by atoms with E-state index in [1.165, 1.54) is 0 Å². The summed E-state index contributed by atoms with van der Waals surface area (Å²) in [4.78, 5) is 13.7. The first kappa shape index (κ1) is 19.4. The van der Waals surface area contributed by atoms with Gasteiger partial charge in [0.05, 0.1) is 0 Å². The molecule has 20 heavy (non-hydrogen) atoms. The molecule has 0 aliphatic heterocycles. The molecule has 0 heterocycles. The molecule has 120 valence electrons. The zero-order valence-electron chi connectivity index (χ0n) is 14.4. The van der Waals surface area contributed by atoms with Crippen LogP contribution >= 0.6 is 0 Å². The van der Waals surface area contributed by atoms with Crippen molar-refractivity contribution in [2.75, 3.05) is 20.1 Å². The van der Waals surface area contributed by atoms with E-state index in [1.807, 2.05) is 13.8 Å². The fourth-order valence-corrected chi connectivity index (χ4v) is 2.63. The van der Waals surface area contributed by atoms with Crippen molar-refractivity contribution in [1.82, 2.24) is 10.2 Å². The van der Waals surface area contributed by atoms with Gasteiger partial charge in [-0.05, 0) is 59.0 Å². The molecule has 0 radical (unpaired) electrons. The monoisotopic (exact) mass is 286 g/mol. The highest BCUT2D eigenvalue weighted by molar-refractivity contribution is 5.78. The van der Waals surface area contributed by atoms with E-state index in [-0.39, 0.29) is 6.04 Å². The van der Waals surface area contributed by atoms with Crippen molar-refractivity contribution in [3.8, 4) is 0 Å². The average molecular weight is 286 g/mol. The van der Waals surface area contributed by atoms with Gasteiger partial charge in [0.15, 0.2) is 0 Å². The largest absolute Gasteiger partial charge is 0.480 e. The summed E-state index contributed by atoms with van der Waals surface area (Å²) >= 11 is 0. The Kier molecular flexibility index (Phi) is 7.74. The number of carboxylic acid groups (broad SMARTS) is 1. The second kappa shape index (κ2) is 7.99. The Morgan fingerprint density at radius 3 is 2.15 bits per heavy atom. The molecule has 0 aliphatic rings. The van der Waals surface area contributed by atoms with Crippen molar-refractivity contribution >= 4 is 5.97 Å². The number of hydrogen-bond donors (Lipinski definition) is 2. The first-order valence-electron chi connectivity index (χ1n) is 7.66. The number of unbranched alkanes of at least 4 members (excludes halogenated alkanes) is 1. The third-order valence-electron chi connectivity index (χ3n) is 3.29. The molecule has 0 spiro atoms. The molecule has 1 atom stereocenters. The third-order valence-corrected chi connectivity index (χ3v) is 3.29. The Balaban J connectivity index is 4.11. The number of rotatable bonds is 9. The van der Waals surface area contributed by atoms with E-state index >= 15 is 0 Å². The Hall–Kier alpha value is -0.610. The minimum absolute atomic E-state index is 0.180. The zero-order chi connectivity index (χ0) is 16.0. The van der Waals surface area contributed by atoms with E-state index in [1.54, 1.807) is 6.92 Å². The van der Waals surface area contributed by atoms with Gasteiger partial charge in [-0.25, -0.2) is 0 Å². The van der Waals surface area contributed by atoms with Gasteiger partial charge in [0, 0.05) is 12.6 Å². The van der Waals surface area contributed by atoms with Gasteiger partial charge in [-0.3, -0.25) is 10.1 Å². The van der Waals surface area contributed by atoms with Gasteiger partial charge in [0.1, 0.15) is 5.54 Å². The molecular formula is C16H34N2O2. The maximum absolute atomic E-state index is 11.4. The molecule has 0 saturated carbocycles. The number of nitrogens with one attached hydrogen (secondary N) is 1. The van der Waals surface area contributed by atoms with Crippen LogP contribution in [0.25, 0.3) is 0 Å². The molecule has 0 fully saturated rings. The van der Waals surface area contributed by atoms with Crippen LogP contribution in [0.1, 0.15) is 60.8 Å². The maximum atomic E-state index is 11.4. The summed E-state index contributed by atoms with van der Waals surface area (Å²) in [7, 11) is 2.13. The molecule has 0 aromatic heterocycles. The summed E-state index contributed by atoms with van der Waals surface area (Å²) in [5.74, 6) is -0.755. The summed E-state index contributed by atoms with van der Waals surface area (Å²) in [6, 6.07) is 0.180. The van der Waals surface area contributed by atoms with Crippen molar-refractivity contribution in [3.63, 3.8) is 0 Å². The molecule has 0 rings (SSSR count). The van der Waals surface area contributed by atoms with Crippen LogP contribution in [0.4, 0.5) is 0 Å². The fraction of sp³-hybridized carbons (Fsp3) is 0.938. The van der Waals surface area contributed by atoms with Gasteiger partial charge in [-0.1, -0.05) is 20.8 Å². The molecule has 4 nitrogen and oxygen atoms in total. The van der Waals surface area contributed by atoms with Gasteiger partial charge in [-0.2, -0.15) is 0 Å². The van der Waals surface area contributed by atoms with E-state index in [0.717, 1.165) is 25.9 Å². The molecule has 0 aromatic rings. The number of aliphatic carboxylic acids is 1. The highest BCUT2D eigenvalue weighted by atomic mass is 16.4. The highest BCUT2D eigenvalue weighted by Crippen LogP contribution is 2.17. The zero-order valence-corrected chi connectivity index (χ0v) is 14.4. The molecule has 0 saturated heterocycles. The standard InChI is InChI=1S/C16H34N2O2/c1-13(2)17-16(6,14(19)20)10-8-9-11-18(7)12-15(3,4)5/h13,17H,8-12H2,1-7H3,(H,19,20). The smallest absolute Gasteiger partial charge is 0.323 e. The van der Waals surface area contributed by atoms with E-state index < -0.39 is 11.5 Å². The maximum Gasteiger partial charge on any atom is 0.323 e. The van der Waals surface area contributed by atoms with Crippen LogP contribution in [-0.4, -0.2) is 47.7 Å². The second-order valence-corrected chi connectivity index (χ2v) is 7.69. The summed E-state index contributed by atoms with van der Waals surface area (Å²) in [6.45, 7) is 14.5. The predicted octanol–water partition coefficient (Wildman–Crippen LogP) is 2.98. The van der Waals surface area contributed by atoms with Crippen molar-refractivity contribution in [2.24, 2.45) is 5.41 Å². The van der Waals surface area contributed by atoms with Crippen LogP contribution in [0.3, 0.4) is 0 Å². The molecule has 2 N–H and O–H groups in total. The lowest BCUT2D eigenvalue weighted by Gasteiger charge is -2.29. The van der Waals surface area contributed by atoms with Gasteiger partial charge in [0.2, 0.25) is 0 Å². The van der Waals surface area contributed by atoms with Crippen molar-refractivity contribution < 1.29 is 9.90 Å². The fourth-order valence-electron chi connectivity index (χ4n) is 2.63. The topological polar surface area (TPSA) is 52.6 Å². The Labute approximate surface area is 124 Å². The third kappa shape index (κ3) is 8.54. The van der Waals surface area contributed by atoms with E-state index in [0.29, 0.717) is 11.8 Å². The van der Waals surface area contributed by atoms with Crippen LogP contribution in [0, 0.1) is 5.41 Å². The molecule has 1 unspecified atom stereocenters. The van der Waals surface area contributed by atoms with Crippen molar-refractivity contribution in [3.05, 3.63) is 0 Å². The quantitative estimate of drug-likeness (QED) is 0.640. The van der Waals surface area contributed by atoms with Crippen molar-refractivity contribution in [1.29, 1.82) is 0 Å². The average Bonchev–Trinajstić information content (AvgIpc) is 2.20. The van der Waals surface area contributed by atoms with Crippen LogP contribution in [-0.2, 0) is 4.79 Å². The van der Waals surface area contributed by atoms with E-state index in [2.05, 4.69) is 38.0 Å². The lowest BCUT2D eigenvalue weighted by atomic mass is 9.93. The normalized spacial score (nSPS) is 15.7. The van der Waals surface area contributed by atoms with E-state index in [4.69, 9.17) is 0 Å². The number of carboxylic acids is 1. The van der Waals surface area contributed by atoms with Crippen LogP contribution < -0.4 is 5.32 Å². The summed E-state index contributed by atoms with van der Waals surface area (Å²) in [5, 5.41) is 12.5. The van der Waals surface area contributed by atoms with E-state index in [9.17, 15) is 9.90 Å². The first-order chi connectivity index (χ1) is 8.96. The summed E-state index contributed by atoms with van der Waals surface area (Å²) in [6.07, 6.45) is 2.64. The molecule has 4 heteroatoms. The molecule has 0 bridgehead atoms. The minimum atomic E-state index is -0.809. The van der Waals surface area contributed by atoms with Crippen LogP contribution in [0.5, 0.6) is 0 Å². The lowest BCUT2D eigenvalue weighted by Crippen LogP contribution is -2.52. The second-order valence-electron chi connectivity index (χ2n) is 7.69. The molecular weight excluding hydrogens is 252 g/mol.